The Bertz CT molecular complexity index is 339. The Kier molecular flexibility index (Phi) is 3.43. The van der Waals surface area contributed by atoms with E-state index >= 15 is 0 Å². The summed E-state index contributed by atoms with van der Waals surface area (Å²) in [5.74, 6) is 1.31. The summed E-state index contributed by atoms with van der Waals surface area (Å²) in [6.07, 6.45) is 0. The zero-order valence-corrected chi connectivity index (χ0v) is 9.73. The Morgan fingerprint density at radius 3 is 2.50 bits per heavy atom. The van der Waals surface area contributed by atoms with Crippen molar-refractivity contribution >= 4 is 0 Å². The van der Waals surface area contributed by atoms with Crippen LogP contribution in [0.1, 0.15) is 18.5 Å². The smallest absolute Gasteiger partial charge is 0.118 e. The van der Waals surface area contributed by atoms with Crippen LogP contribution >= 0.6 is 0 Å². The SMILES string of the molecule is COc1ccc(C2NNC(C)C2CN)cc1. The van der Waals surface area contributed by atoms with E-state index in [9.17, 15) is 0 Å². The van der Waals surface area contributed by atoms with Gasteiger partial charge in [-0.15, -0.1) is 0 Å². The van der Waals surface area contributed by atoms with Crippen LogP contribution in [-0.2, 0) is 0 Å². The van der Waals surface area contributed by atoms with Crippen LogP contribution in [0, 0.1) is 5.92 Å². The van der Waals surface area contributed by atoms with E-state index in [1.807, 2.05) is 12.1 Å². The molecule has 4 nitrogen and oxygen atoms in total. The van der Waals surface area contributed by atoms with Crippen molar-refractivity contribution < 1.29 is 4.74 Å². The molecule has 0 saturated carbocycles. The van der Waals surface area contributed by atoms with Gasteiger partial charge in [0.1, 0.15) is 5.75 Å². The lowest BCUT2D eigenvalue weighted by molar-refractivity contribution is 0.413. The molecule has 0 amide bonds. The van der Waals surface area contributed by atoms with Crippen molar-refractivity contribution in [1.82, 2.24) is 10.9 Å². The Morgan fingerprint density at radius 2 is 1.94 bits per heavy atom. The number of hydrazine groups is 1. The lowest BCUT2D eigenvalue weighted by atomic mass is 9.90. The minimum absolute atomic E-state index is 0.283. The van der Waals surface area contributed by atoms with E-state index in [2.05, 4.69) is 29.9 Å². The molecule has 3 unspecified atom stereocenters. The van der Waals surface area contributed by atoms with Crippen molar-refractivity contribution in [3.8, 4) is 5.75 Å². The summed E-state index contributed by atoms with van der Waals surface area (Å²) in [7, 11) is 1.68. The van der Waals surface area contributed by atoms with Gasteiger partial charge in [0.05, 0.1) is 13.2 Å². The maximum Gasteiger partial charge on any atom is 0.118 e. The molecule has 0 radical (unpaired) electrons. The second kappa shape index (κ2) is 4.82. The second-order valence-electron chi connectivity index (χ2n) is 4.23. The summed E-state index contributed by atoms with van der Waals surface area (Å²) < 4.78 is 5.15. The van der Waals surface area contributed by atoms with Crippen molar-refractivity contribution in [2.75, 3.05) is 13.7 Å². The van der Waals surface area contributed by atoms with Crippen molar-refractivity contribution in [3.63, 3.8) is 0 Å². The van der Waals surface area contributed by atoms with E-state index in [-0.39, 0.29) is 6.04 Å². The van der Waals surface area contributed by atoms with Crippen LogP contribution in [0.15, 0.2) is 24.3 Å². The molecule has 16 heavy (non-hydrogen) atoms. The first-order valence-corrected chi connectivity index (χ1v) is 5.61. The molecule has 4 heteroatoms. The summed E-state index contributed by atoms with van der Waals surface area (Å²) in [5, 5.41) is 0. The predicted molar refractivity (Wildman–Crippen MR) is 64.0 cm³/mol. The van der Waals surface area contributed by atoms with E-state index in [0.717, 1.165) is 5.75 Å². The number of rotatable bonds is 3. The molecule has 2 rings (SSSR count). The standard InChI is InChI=1S/C12H19N3O/c1-8-11(7-13)12(15-14-8)9-3-5-10(16-2)6-4-9/h3-6,8,11-12,14-15H,7,13H2,1-2H3. The molecule has 4 N–H and O–H groups in total. The number of hydrogen-bond acceptors (Lipinski definition) is 4. The third kappa shape index (κ3) is 2.04. The van der Waals surface area contributed by atoms with Crippen LogP contribution < -0.4 is 21.3 Å². The van der Waals surface area contributed by atoms with Gasteiger partial charge < -0.3 is 10.5 Å². The lowest BCUT2D eigenvalue weighted by Gasteiger charge is -2.19. The predicted octanol–water partition coefficient (Wildman–Crippen LogP) is 0.808. The van der Waals surface area contributed by atoms with Gasteiger partial charge >= 0.3 is 0 Å². The van der Waals surface area contributed by atoms with Crippen molar-refractivity contribution in [1.29, 1.82) is 0 Å². The van der Waals surface area contributed by atoms with Crippen LogP contribution in [0.3, 0.4) is 0 Å². The first-order chi connectivity index (χ1) is 7.76. The average molecular weight is 221 g/mol. The highest BCUT2D eigenvalue weighted by Gasteiger charge is 2.32. The normalized spacial score (nSPS) is 29.3. The van der Waals surface area contributed by atoms with Gasteiger partial charge in [-0.2, -0.15) is 0 Å². The summed E-state index contributed by atoms with van der Waals surface area (Å²) in [6.45, 7) is 2.83. The van der Waals surface area contributed by atoms with E-state index in [1.54, 1.807) is 7.11 Å². The fraction of sp³-hybridized carbons (Fsp3) is 0.500. The van der Waals surface area contributed by atoms with Gasteiger partial charge in [0.15, 0.2) is 0 Å². The van der Waals surface area contributed by atoms with Gasteiger partial charge in [-0.05, 0) is 31.2 Å². The fourth-order valence-corrected chi connectivity index (χ4v) is 2.21. The number of nitrogens with two attached hydrogens (primary N) is 1. The summed E-state index contributed by atoms with van der Waals surface area (Å²) >= 11 is 0. The fourth-order valence-electron chi connectivity index (χ4n) is 2.21. The van der Waals surface area contributed by atoms with E-state index in [1.165, 1.54) is 5.56 Å². The van der Waals surface area contributed by atoms with Crippen molar-refractivity contribution in [2.45, 2.75) is 19.0 Å². The minimum Gasteiger partial charge on any atom is -0.497 e. The molecular formula is C12H19N3O. The highest BCUT2D eigenvalue weighted by Crippen LogP contribution is 2.28. The molecule has 1 heterocycles. The van der Waals surface area contributed by atoms with Crippen LogP contribution in [-0.4, -0.2) is 19.7 Å². The number of nitrogens with one attached hydrogen (secondary N) is 2. The monoisotopic (exact) mass is 221 g/mol. The molecule has 0 aliphatic carbocycles. The molecule has 0 bridgehead atoms. The molecule has 1 aromatic carbocycles. The lowest BCUT2D eigenvalue weighted by Crippen LogP contribution is -2.30. The quantitative estimate of drug-likeness (QED) is 0.707. The molecule has 1 fully saturated rings. The minimum atomic E-state index is 0.283. The number of benzene rings is 1. The summed E-state index contributed by atoms with van der Waals surface area (Å²) in [5.41, 5.74) is 13.6. The Labute approximate surface area is 96.1 Å². The Morgan fingerprint density at radius 1 is 1.25 bits per heavy atom. The number of hydrogen-bond donors (Lipinski definition) is 3. The maximum atomic E-state index is 5.80. The van der Waals surface area contributed by atoms with E-state index < -0.39 is 0 Å². The molecule has 88 valence electrons. The van der Waals surface area contributed by atoms with Crippen molar-refractivity contribution in [2.24, 2.45) is 11.7 Å². The van der Waals surface area contributed by atoms with Gasteiger partial charge in [-0.1, -0.05) is 12.1 Å². The van der Waals surface area contributed by atoms with E-state index in [0.29, 0.717) is 18.5 Å². The number of methoxy groups -OCH3 is 1. The average Bonchev–Trinajstić information content (AvgIpc) is 2.70. The molecule has 0 aromatic heterocycles. The maximum absolute atomic E-state index is 5.80. The first kappa shape index (κ1) is 11.4. The zero-order chi connectivity index (χ0) is 11.5. The van der Waals surface area contributed by atoms with Crippen LogP contribution in [0.25, 0.3) is 0 Å². The van der Waals surface area contributed by atoms with Crippen molar-refractivity contribution in [3.05, 3.63) is 29.8 Å². The molecule has 3 atom stereocenters. The zero-order valence-electron chi connectivity index (χ0n) is 9.73. The van der Waals surface area contributed by atoms with E-state index in [4.69, 9.17) is 10.5 Å². The van der Waals surface area contributed by atoms with Gasteiger partial charge in [-0.3, -0.25) is 5.43 Å². The third-order valence-electron chi connectivity index (χ3n) is 3.28. The topological polar surface area (TPSA) is 59.3 Å². The highest BCUT2D eigenvalue weighted by molar-refractivity contribution is 5.30. The van der Waals surface area contributed by atoms with Crippen LogP contribution in [0.5, 0.6) is 5.75 Å². The molecule has 0 spiro atoms. The number of ether oxygens (including phenoxy) is 1. The molecule has 1 saturated heterocycles. The molecule has 1 aromatic rings. The molecule has 1 aliphatic rings. The molecular weight excluding hydrogens is 202 g/mol. The van der Waals surface area contributed by atoms with Gasteiger partial charge in [-0.25, -0.2) is 5.43 Å². The largest absolute Gasteiger partial charge is 0.497 e. The van der Waals surface area contributed by atoms with Gasteiger partial charge in [0.25, 0.3) is 0 Å². The second-order valence-corrected chi connectivity index (χ2v) is 4.23. The summed E-state index contributed by atoms with van der Waals surface area (Å²) in [4.78, 5) is 0. The van der Waals surface area contributed by atoms with Gasteiger partial charge in [0, 0.05) is 12.0 Å². The van der Waals surface area contributed by atoms with Crippen LogP contribution in [0.2, 0.25) is 0 Å². The Hall–Kier alpha value is -1.10. The summed E-state index contributed by atoms with van der Waals surface area (Å²) in [6, 6.07) is 8.81. The Balaban J connectivity index is 2.17. The third-order valence-corrected chi connectivity index (χ3v) is 3.28. The van der Waals surface area contributed by atoms with Gasteiger partial charge in [0.2, 0.25) is 0 Å². The molecule has 1 aliphatic heterocycles. The van der Waals surface area contributed by atoms with Crippen LogP contribution in [0.4, 0.5) is 0 Å². The highest BCUT2D eigenvalue weighted by atomic mass is 16.5. The first-order valence-electron chi connectivity index (χ1n) is 5.61.